The molecule has 1 heterocycles. The van der Waals surface area contributed by atoms with Gasteiger partial charge in [-0.3, -0.25) is 4.98 Å². The van der Waals surface area contributed by atoms with Crippen molar-refractivity contribution in [2.24, 2.45) is 11.8 Å². The highest BCUT2D eigenvalue weighted by atomic mass is 35.5. The lowest BCUT2D eigenvalue weighted by molar-refractivity contribution is 0.227. The minimum absolute atomic E-state index is 0.298. The van der Waals surface area contributed by atoms with Gasteiger partial charge in [0.15, 0.2) is 0 Å². The molecule has 1 N–H and O–H groups in total. The fraction of sp³-hybridized carbons (Fsp3) is 0.643. The number of rotatable bonds is 3. The maximum Gasteiger partial charge on any atom is 0.0761 e. The van der Waals surface area contributed by atoms with E-state index in [2.05, 4.69) is 17.2 Å². The second-order valence-corrected chi connectivity index (χ2v) is 5.58. The normalized spacial score (nSPS) is 26.8. The zero-order valence-electron chi connectivity index (χ0n) is 10.6. The van der Waals surface area contributed by atoms with E-state index in [0.29, 0.717) is 12.0 Å². The van der Waals surface area contributed by atoms with E-state index in [1.165, 1.54) is 25.7 Å². The number of halogens is 1. The predicted molar refractivity (Wildman–Crippen MR) is 72.2 cm³/mol. The first-order valence-corrected chi connectivity index (χ1v) is 6.88. The van der Waals surface area contributed by atoms with Gasteiger partial charge in [-0.2, -0.15) is 0 Å². The first-order chi connectivity index (χ1) is 8.22. The minimum Gasteiger partial charge on any atom is -0.311 e. The molecule has 2 rings (SSSR count). The first-order valence-electron chi connectivity index (χ1n) is 6.50. The van der Waals surface area contributed by atoms with E-state index in [1.54, 1.807) is 0 Å². The van der Waals surface area contributed by atoms with Gasteiger partial charge in [-0.25, -0.2) is 0 Å². The van der Waals surface area contributed by atoms with Crippen molar-refractivity contribution < 1.29 is 0 Å². The third-order valence-electron chi connectivity index (χ3n) is 3.84. The topological polar surface area (TPSA) is 24.9 Å². The van der Waals surface area contributed by atoms with Crippen LogP contribution in [0.15, 0.2) is 18.3 Å². The number of aromatic nitrogens is 1. The molecule has 0 saturated heterocycles. The molecule has 1 aromatic heterocycles. The van der Waals surface area contributed by atoms with Gasteiger partial charge in [-0.15, -0.1) is 0 Å². The maximum absolute atomic E-state index is 6.25. The Morgan fingerprint density at radius 1 is 1.47 bits per heavy atom. The van der Waals surface area contributed by atoms with Crippen molar-refractivity contribution in [1.29, 1.82) is 0 Å². The van der Waals surface area contributed by atoms with Crippen molar-refractivity contribution in [3.05, 3.63) is 29.0 Å². The first kappa shape index (κ1) is 12.8. The Morgan fingerprint density at radius 2 is 2.29 bits per heavy atom. The van der Waals surface area contributed by atoms with Crippen LogP contribution in [-0.4, -0.2) is 12.0 Å². The number of hydrogen-bond donors (Lipinski definition) is 1. The van der Waals surface area contributed by atoms with Crippen LogP contribution in [0, 0.1) is 11.8 Å². The summed E-state index contributed by atoms with van der Waals surface area (Å²) in [6.07, 6.45) is 7.08. The molecule has 3 atom stereocenters. The summed E-state index contributed by atoms with van der Waals surface area (Å²) in [6.45, 7) is 2.35. The summed E-state index contributed by atoms with van der Waals surface area (Å²) in [5, 5.41) is 4.18. The molecule has 1 aliphatic rings. The van der Waals surface area contributed by atoms with Gasteiger partial charge in [0.2, 0.25) is 0 Å². The molecule has 0 radical (unpaired) electrons. The van der Waals surface area contributed by atoms with Crippen molar-refractivity contribution in [1.82, 2.24) is 10.3 Å². The summed E-state index contributed by atoms with van der Waals surface area (Å²) >= 11 is 6.25. The summed E-state index contributed by atoms with van der Waals surface area (Å²) in [7, 11) is 2.01. The van der Waals surface area contributed by atoms with E-state index in [4.69, 9.17) is 11.6 Å². The summed E-state index contributed by atoms with van der Waals surface area (Å²) in [5.41, 5.74) is 1.01. The van der Waals surface area contributed by atoms with Crippen LogP contribution in [0.5, 0.6) is 0 Å². The highest BCUT2D eigenvalue weighted by molar-refractivity contribution is 6.31. The molecular weight excluding hydrogens is 232 g/mol. The van der Waals surface area contributed by atoms with Crippen molar-refractivity contribution in [3.8, 4) is 0 Å². The molecule has 1 fully saturated rings. The van der Waals surface area contributed by atoms with Gasteiger partial charge in [0, 0.05) is 6.20 Å². The summed E-state index contributed by atoms with van der Waals surface area (Å²) in [6, 6.07) is 4.12. The van der Waals surface area contributed by atoms with Crippen LogP contribution in [0.25, 0.3) is 0 Å². The van der Waals surface area contributed by atoms with Crippen LogP contribution in [0.1, 0.15) is 44.3 Å². The molecule has 94 valence electrons. The van der Waals surface area contributed by atoms with Crippen LogP contribution < -0.4 is 5.32 Å². The van der Waals surface area contributed by atoms with E-state index in [1.807, 2.05) is 25.4 Å². The third kappa shape index (κ3) is 2.99. The second-order valence-electron chi connectivity index (χ2n) is 5.17. The predicted octanol–water partition coefficient (Wildman–Crippen LogP) is 3.82. The zero-order chi connectivity index (χ0) is 12.3. The van der Waals surface area contributed by atoms with Crippen molar-refractivity contribution in [2.75, 3.05) is 7.05 Å². The lowest BCUT2D eigenvalue weighted by Crippen LogP contribution is -2.29. The molecule has 2 nitrogen and oxygen atoms in total. The molecule has 0 bridgehead atoms. The molecule has 1 aliphatic carbocycles. The molecule has 1 aromatic rings. The molecule has 17 heavy (non-hydrogen) atoms. The fourth-order valence-electron chi connectivity index (χ4n) is 3.01. The number of hydrogen-bond acceptors (Lipinski definition) is 2. The quantitative estimate of drug-likeness (QED) is 0.885. The number of nitrogens with zero attached hydrogens (tertiary/aromatic N) is 1. The Kier molecular flexibility index (Phi) is 4.41. The summed E-state index contributed by atoms with van der Waals surface area (Å²) in [4.78, 5) is 4.46. The molecule has 1 saturated carbocycles. The Labute approximate surface area is 109 Å². The van der Waals surface area contributed by atoms with E-state index in [9.17, 15) is 0 Å². The van der Waals surface area contributed by atoms with Crippen LogP contribution in [0.4, 0.5) is 0 Å². The monoisotopic (exact) mass is 252 g/mol. The zero-order valence-corrected chi connectivity index (χ0v) is 11.4. The lowest BCUT2D eigenvalue weighted by atomic mass is 9.77. The highest BCUT2D eigenvalue weighted by Gasteiger charge is 2.28. The Morgan fingerprint density at radius 3 is 2.94 bits per heavy atom. The third-order valence-corrected chi connectivity index (χ3v) is 4.16. The van der Waals surface area contributed by atoms with Crippen LogP contribution >= 0.6 is 11.6 Å². The van der Waals surface area contributed by atoms with Crippen molar-refractivity contribution in [3.63, 3.8) is 0 Å². The average Bonchev–Trinajstić information content (AvgIpc) is 2.33. The van der Waals surface area contributed by atoms with Gasteiger partial charge in [0.25, 0.3) is 0 Å². The van der Waals surface area contributed by atoms with Gasteiger partial charge >= 0.3 is 0 Å². The van der Waals surface area contributed by atoms with Gasteiger partial charge < -0.3 is 5.32 Å². The molecule has 0 aromatic carbocycles. The molecule has 0 aliphatic heterocycles. The number of pyridine rings is 1. The van der Waals surface area contributed by atoms with E-state index in [0.717, 1.165) is 16.6 Å². The van der Waals surface area contributed by atoms with Crippen molar-refractivity contribution in [2.45, 2.75) is 38.6 Å². The van der Waals surface area contributed by atoms with Gasteiger partial charge in [0.05, 0.1) is 16.8 Å². The maximum atomic E-state index is 6.25. The smallest absolute Gasteiger partial charge is 0.0761 e. The average molecular weight is 253 g/mol. The van der Waals surface area contributed by atoms with Crippen LogP contribution in [0.2, 0.25) is 5.02 Å². The van der Waals surface area contributed by atoms with E-state index < -0.39 is 0 Å². The summed E-state index contributed by atoms with van der Waals surface area (Å²) < 4.78 is 0. The number of nitrogens with one attached hydrogen (secondary N) is 1. The van der Waals surface area contributed by atoms with Crippen LogP contribution in [0.3, 0.4) is 0 Å². The second kappa shape index (κ2) is 5.83. The minimum atomic E-state index is 0.298. The van der Waals surface area contributed by atoms with Crippen LogP contribution in [-0.2, 0) is 0 Å². The molecular formula is C14H21ClN2. The molecule has 0 spiro atoms. The Hall–Kier alpha value is -0.600. The van der Waals surface area contributed by atoms with Crippen molar-refractivity contribution >= 4 is 11.6 Å². The Balaban J connectivity index is 2.18. The molecule has 0 amide bonds. The SMILES string of the molecule is CNC(c1ncccc1Cl)C1CCCC(C)C1. The standard InChI is InChI=1S/C14H21ClN2/c1-10-5-3-6-11(9-10)13(16-2)14-12(15)7-4-8-17-14/h4,7-8,10-11,13,16H,3,5-6,9H2,1-2H3. The van der Waals surface area contributed by atoms with Gasteiger partial charge in [-0.05, 0) is 43.9 Å². The Bertz CT molecular complexity index is 367. The lowest BCUT2D eigenvalue weighted by Gasteiger charge is -2.33. The highest BCUT2D eigenvalue weighted by Crippen LogP contribution is 2.37. The fourth-order valence-corrected chi connectivity index (χ4v) is 3.25. The van der Waals surface area contributed by atoms with E-state index in [-0.39, 0.29) is 0 Å². The largest absolute Gasteiger partial charge is 0.311 e. The van der Waals surface area contributed by atoms with Gasteiger partial charge in [-0.1, -0.05) is 31.4 Å². The van der Waals surface area contributed by atoms with E-state index >= 15 is 0 Å². The van der Waals surface area contributed by atoms with Gasteiger partial charge in [0.1, 0.15) is 0 Å². The molecule has 3 heteroatoms. The molecule has 3 unspecified atom stereocenters. The summed E-state index contributed by atoms with van der Waals surface area (Å²) in [5.74, 6) is 1.49.